The summed E-state index contributed by atoms with van der Waals surface area (Å²) in [7, 11) is 0. The molecule has 0 aromatic heterocycles. The van der Waals surface area contributed by atoms with Crippen molar-refractivity contribution in [2.75, 3.05) is 26.4 Å². The van der Waals surface area contributed by atoms with Gasteiger partial charge in [-0.2, -0.15) is 0 Å². The fourth-order valence-electron chi connectivity index (χ4n) is 0.310. The number of ether oxygens (including phenoxy) is 1. The molecule has 0 aliphatic carbocycles. The van der Waals surface area contributed by atoms with E-state index in [1.165, 1.54) is 0 Å². The Bertz CT molecular complexity index is 282. The van der Waals surface area contributed by atoms with Crippen LogP contribution in [-0.4, -0.2) is 61.1 Å². The molecular formula is C12H23Br3O6. The van der Waals surface area contributed by atoms with Gasteiger partial charge in [-0.3, -0.25) is 9.59 Å². The van der Waals surface area contributed by atoms with Crippen molar-refractivity contribution < 1.29 is 29.6 Å². The fourth-order valence-corrected chi connectivity index (χ4v) is 0.424. The molecule has 0 aliphatic rings. The Kier molecular flexibility index (Phi) is 17.7. The number of halogens is 3. The molecule has 3 N–H and O–H groups in total. The number of hydrogen-bond acceptors (Lipinski definition) is 6. The summed E-state index contributed by atoms with van der Waals surface area (Å²) in [4.78, 5) is 21.2. The number of esters is 1. The third-order valence-corrected chi connectivity index (χ3v) is 3.58. The quantitative estimate of drug-likeness (QED) is 0.300. The second kappa shape index (κ2) is 14.1. The Hall–Kier alpha value is 0.460. The zero-order valence-electron chi connectivity index (χ0n) is 12.5. The summed E-state index contributed by atoms with van der Waals surface area (Å²) in [5, 5.41) is 23.5. The summed E-state index contributed by atoms with van der Waals surface area (Å²) in [6.45, 7) is 6.62. The summed E-state index contributed by atoms with van der Waals surface area (Å²) in [6, 6.07) is 0. The van der Waals surface area contributed by atoms with E-state index in [0.29, 0.717) is 0 Å². The van der Waals surface area contributed by atoms with Gasteiger partial charge >= 0.3 is 5.97 Å². The van der Waals surface area contributed by atoms with E-state index in [4.69, 9.17) is 15.3 Å². The van der Waals surface area contributed by atoms with Gasteiger partial charge in [0.05, 0.1) is 24.1 Å². The van der Waals surface area contributed by atoms with Crippen molar-refractivity contribution in [1.82, 2.24) is 0 Å². The lowest BCUT2D eigenvalue weighted by atomic mass is 10.2. The van der Waals surface area contributed by atoms with Crippen molar-refractivity contribution in [3.8, 4) is 0 Å². The first-order valence-electron chi connectivity index (χ1n) is 5.92. The van der Waals surface area contributed by atoms with Gasteiger partial charge in [0.25, 0.3) is 0 Å². The van der Waals surface area contributed by atoms with Gasteiger partial charge in [-0.1, -0.05) is 31.9 Å². The van der Waals surface area contributed by atoms with Gasteiger partial charge in [0.2, 0.25) is 4.69 Å². The molecular weight excluding hydrogens is 480 g/mol. The molecule has 0 fully saturated rings. The third-order valence-electron chi connectivity index (χ3n) is 1.38. The number of hydrogen-bond donors (Lipinski definition) is 3. The lowest BCUT2D eigenvalue weighted by molar-refractivity contribution is -0.146. The minimum Gasteiger partial charge on any atom is -0.462 e. The molecule has 0 aliphatic heterocycles. The second-order valence-corrected chi connectivity index (χ2v) is 9.21. The Labute approximate surface area is 150 Å². The van der Waals surface area contributed by atoms with Crippen LogP contribution >= 0.6 is 47.8 Å². The number of rotatable bonds is 5. The molecule has 0 saturated carbocycles. The highest BCUT2D eigenvalue weighted by molar-refractivity contribution is 9.20. The highest BCUT2D eigenvalue weighted by Gasteiger charge is 2.24. The van der Waals surface area contributed by atoms with Crippen molar-refractivity contribution >= 4 is 58.5 Å². The Morgan fingerprint density at radius 1 is 0.905 bits per heavy atom. The van der Waals surface area contributed by atoms with Crippen LogP contribution in [0.3, 0.4) is 0 Å². The van der Waals surface area contributed by atoms with Crippen LogP contribution in [-0.2, 0) is 14.3 Å². The van der Waals surface area contributed by atoms with Crippen molar-refractivity contribution in [1.29, 1.82) is 0 Å². The largest absolute Gasteiger partial charge is 0.462 e. The molecule has 0 bridgehead atoms. The molecule has 0 spiro atoms. The first-order chi connectivity index (χ1) is 9.34. The highest BCUT2D eigenvalue weighted by atomic mass is 79.9. The van der Waals surface area contributed by atoms with Gasteiger partial charge in [-0.25, -0.2) is 0 Å². The molecule has 9 heteroatoms. The minimum absolute atomic E-state index is 0.0278. The van der Waals surface area contributed by atoms with Crippen molar-refractivity contribution in [2.24, 2.45) is 0 Å². The molecule has 0 heterocycles. The topological polar surface area (TPSA) is 104 Å². The van der Waals surface area contributed by atoms with Gasteiger partial charge in [-0.05, 0) is 43.6 Å². The van der Waals surface area contributed by atoms with Crippen LogP contribution < -0.4 is 0 Å². The first kappa shape index (κ1) is 26.4. The van der Waals surface area contributed by atoms with E-state index in [9.17, 15) is 9.59 Å². The summed E-state index contributed by atoms with van der Waals surface area (Å²) in [5.74, 6) is -0.360. The average Bonchev–Trinajstić information content (AvgIpc) is 2.34. The van der Waals surface area contributed by atoms with Gasteiger partial charge in [0, 0.05) is 0 Å². The van der Waals surface area contributed by atoms with Crippen LogP contribution in [0.2, 0.25) is 0 Å². The summed E-state index contributed by atoms with van der Waals surface area (Å²) in [6.07, 6.45) is 0. The molecule has 6 nitrogen and oxygen atoms in total. The van der Waals surface area contributed by atoms with Crippen molar-refractivity contribution in [3.63, 3.8) is 0 Å². The zero-order valence-corrected chi connectivity index (χ0v) is 17.3. The maximum absolute atomic E-state index is 10.8. The SMILES string of the molecule is CC(C)(Br)C(=O)Br.CC(C)(Br)C(=O)OCCO.OCCO. The van der Waals surface area contributed by atoms with E-state index in [2.05, 4.69) is 52.5 Å². The average molecular weight is 503 g/mol. The van der Waals surface area contributed by atoms with Crippen LogP contribution in [0.25, 0.3) is 0 Å². The molecule has 0 unspecified atom stereocenters. The summed E-state index contributed by atoms with van der Waals surface area (Å²) < 4.78 is 3.53. The van der Waals surface area contributed by atoms with E-state index in [0.717, 1.165) is 0 Å². The van der Waals surface area contributed by atoms with Crippen LogP contribution in [0, 0.1) is 0 Å². The van der Waals surface area contributed by atoms with E-state index in [-0.39, 0.29) is 37.1 Å². The lowest BCUT2D eigenvalue weighted by Crippen LogP contribution is -2.27. The van der Waals surface area contributed by atoms with Gasteiger partial charge in [0.15, 0.2) is 0 Å². The summed E-state index contributed by atoms with van der Waals surface area (Å²) >= 11 is 9.07. The highest BCUT2D eigenvalue weighted by Crippen LogP contribution is 2.19. The monoisotopic (exact) mass is 500 g/mol. The summed E-state index contributed by atoms with van der Waals surface area (Å²) in [5.41, 5.74) is 0. The molecule has 0 atom stereocenters. The van der Waals surface area contributed by atoms with Gasteiger partial charge in [-0.15, -0.1) is 0 Å². The molecule has 128 valence electrons. The number of alkyl halides is 2. The molecule has 0 rings (SSSR count). The normalized spacial score (nSPS) is 10.6. The van der Waals surface area contributed by atoms with Gasteiger partial charge in [0.1, 0.15) is 10.9 Å². The van der Waals surface area contributed by atoms with E-state index >= 15 is 0 Å². The predicted octanol–water partition coefficient (Wildman–Crippen LogP) is 1.75. The zero-order chi connectivity index (χ0) is 17.7. The minimum atomic E-state index is -0.651. The molecule has 0 radical (unpaired) electrons. The smallest absolute Gasteiger partial charge is 0.322 e. The van der Waals surface area contributed by atoms with E-state index in [1.807, 2.05) is 0 Å². The van der Waals surface area contributed by atoms with Gasteiger partial charge < -0.3 is 20.1 Å². The van der Waals surface area contributed by atoms with Crippen LogP contribution in [0.15, 0.2) is 0 Å². The number of aliphatic hydroxyl groups is 3. The van der Waals surface area contributed by atoms with Crippen molar-refractivity contribution in [2.45, 2.75) is 36.3 Å². The van der Waals surface area contributed by atoms with E-state index in [1.54, 1.807) is 27.7 Å². The Morgan fingerprint density at radius 2 is 1.24 bits per heavy atom. The molecule has 0 saturated heterocycles. The lowest BCUT2D eigenvalue weighted by Gasteiger charge is -2.13. The number of carbonyl (C=O) groups is 2. The van der Waals surface area contributed by atoms with E-state index < -0.39 is 8.65 Å². The maximum atomic E-state index is 10.8. The third kappa shape index (κ3) is 22.9. The first-order valence-corrected chi connectivity index (χ1v) is 8.30. The Balaban J connectivity index is -0.000000256. The van der Waals surface area contributed by atoms with Crippen LogP contribution in [0.1, 0.15) is 27.7 Å². The van der Waals surface area contributed by atoms with Crippen LogP contribution in [0.4, 0.5) is 0 Å². The molecule has 0 aromatic rings. The molecule has 21 heavy (non-hydrogen) atoms. The second-order valence-electron chi connectivity index (χ2n) is 4.53. The maximum Gasteiger partial charge on any atom is 0.322 e. The Morgan fingerprint density at radius 3 is 1.38 bits per heavy atom. The predicted molar refractivity (Wildman–Crippen MR) is 92.2 cm³/mol. The fraction of sp³-hybridized carbons (Fsp3) is 0.833. The number of aliphatic hydroxyl groups excluding tert-OH is 3. The standard InChI is InChI=1S/C6H11BrO3.C4H6Br2O.C2H6O2/c1-6(2,7)5(9)10-4-3-8;1-4(2,6)3(5)7;3-1-2-4/h8H,3-4H2,1-2H3;1-2H3;3-4H,1-2H2. The number of carbonyl (C=O) groups excluding carboxylic acids is 2. The molecule has 0 aromatic carbocycles. The molecule has 0 amide bonds. The van der Waals surface area contributed by atoms with Crippen molar-refractivity contribution in [3.05, 3.63) is 0 Å². The van der Waals surface area contributed by atoms with Crippen LogP contribution in [0.5, 0.6) is 0 Å².